The van der Waals surface area contributed by atoms with Crippen LogP contribution in [0, 0.1) is 0 Å². The van der Waals surface area contributed by atoms with Crippen LogP contribution >= 0.6 is 11.3 Å². The number of aliphatic hydroxyl groups excluding tert-OH is 1. The molecule has 0 unspecified atom stereocenters. The number of pyridine rings is 1. The Labute approximate surface area is 200 Å². The molecule has 2 heterocycles. The molecule has 1 aromatic carbocycles. The third-order valence-corrected chi connectivity index (χ3v) is 8.58. The zero-order valence-corrected chi connectivity index (χ0v) is 20.2. The van der Waals surface area contributed by atoms with Gasteiger partial charge in [-0.25, -0.2) is 27.0 Å². The summed E-state index contributed by atoms with van der Waals surface area (Å²) in [5.41, 5.74) is 3.05. The van der Waals surface area contributed by atoms with Gasteiger partial charge in [-0.15, -0.1) is 11.3 Å². The fraction of sp³-hybridized carbons (Fsp3) is 0.150. The number of aromatic nitrogens is 1. The van der Waals surface area contributed by atoms with E-state index in [0.29, 0.717) is 11.3 Å². The molecule has 3 aromatic rings. The SMILES string of the molecule is CC(=NNC(=O)c1ccncc1NS(=O)(=O)c1cccs1)c1cccc(S(=O)(=O)NCCO)c1. The number of nitrogens with zero attached hydrogens (tertiary/aromatic N) is 2. The number of nitrogens with one attached hydrogen (secondary N) is 3. The van der Waals surface area contributed by atoms with Gasteiger partial charge in [0.25, 0.3) is 15.9 Å². The van der Waals surface area contributed by atoms with Crippen LogP contribution in [0.4, 0.5) is 5.69 Å². The number of benzene rings is 1. The van der Waals surface area contributed by atoms with Gasteiger partial charge < -0.3 is 5.11 Å². The van der Waals surface area contributed by atoms with E-state index in [1.807, 2.05) is 0 Å². The second-order valence-corrected chi connectivity index (χ2v) is 11.4. The van der Waals surface area contributed by atoms with E-state index in [1.54, 1.807) is 24.4 Å². The van der Waals surface area contributed by atoms with Gasteiger partial charge in [0.2, 0.25) is 10.0 Å². The molecular formula is C20H21N5O6S3. The number of hydrogen-bond acceptors (Lipinski definition) is 9. The molecule has 0 saturated heterocycles. The van der Waals surface area contributed by atoms with E-state index >= 15 is 0 Å². The van der Waals surface area contributed by atoms with Crippen molar-refractivity contribution in [2.75, 3.05) is 17.9 Å². The number of rotatable bonds is 10. The smallest absolute Gasteiger partial charge is 0.273 e. The Kier molecular flexibility index (Phi) is 8.11. The number of anilines is 1. The van der Waals surface area contributed by atoms with E-state index in [0.717, 1.165) is 11.3 Å². The van der Waals surface area contributed by atoms with E-state index in [2.05, 4.69) is 25.0 Å². The first-order valence-corrected chi connectivity index (χ1v) is 13.5. The lowest BCUT2D eigenvalue weighted by Crippen LogP contribution is -2.26. The molecule has 0 saturated carbocycles. The molecule has 0 aliphatic rings. The molecule has 1 amide bonds. The van der Waals surface area contributed by atoms with E-state index in [4.69, 9.17) is 5.11 Å². The van der Waals surface area contributed by atoms with Gasteiger partial charge in [0, 0.05) is 12.7 Å². The van der Waals surface area contributed by atoms with Crippen molar-refractivity contribution in [1.29, 1.82) is 0 Å². The largest absolute Gasteiger partial charge is 0.395 e. The maximum absolute atomic E-state index is 12.7. The molecule has 0 atom stereocenters. The highest BCUT2D eigenvalue weighted by Crippen LogP contribution is 2.22. The van der Waals surface area contributed by atoms with Gasteiger partial charge in [-0.1, -0.05) is 18.2 Å². The minimum absolute atomic E-state index is 0.00351. The van der Waals surface area contributed by atoms with Crippen LogP contribution in [0.1, 0.15) is 22.8 Å². The molecule has 0 fully saturated rings. The summed E-state index contributed by atoms with van der Waals surface area (Å²) in [4.78, 5) is 16.6. The number of amides is 1. The minimum Gasteiger partial charge on any atom is -0.395 e. The Morgan fingerprint density at radius 3 is 2.62 bits per heavy atom. The number of carbonyl (C=O) groups is 1. The van der Waals surface area contributed by atoms with Crippen LogP contribution in [0.2, 0.25) is 0 Å². The summed E-state index contributed by atoms with van der Waals surface area (Å²) in [6, 6.07) is 10.3. The first kappa shape index (κ1) is 25.5. The zero-order valence-electron chi connectivity index (χ0n) is 17.8. The van der Waals surface area contributed by atoms with Crippen molar-refractivity contribution in [3.05, 3.63) is 71.4 Å². The summed E-state index contributed by atoms with van der Waals surface area (Å²) in [5, 5.41) is 14.5. The van der Waals surface area contributed by atoms with Crippen molar-refractivity contribution in [2.45, 2.75) is 16.0 Å². The molecule has 2 aromatic heterocycles. The highest BCUT2D eigenvalue weighted by Gasteiger charge is 2.20. The van der Waals surface area contributed by atoms with Crippen LogP contribution < -0.4 is 14.9 Å². The Balaban J connectivity index is 1.79. The molecule has 14 heteroatoms. The highest BCUT2D eigenvalue weighted by atomic mass is 32.2. The van der Waals surface area contributed by atoms with E-state index in [9.17, 15) is 21.6 Å². The van der Waals surface area contributed by atoms with Crippen molar-refractivity contribution >= 4 is 48.7 Å². The third-order valence-electron chi connectivity index (χ3n) is 4.36. The van der Waals surface area contributed by atoms with Crippen LogP contribution in [-0.2, 0) is 20.0 Å². The number of carbonyl (C=O) groups excluding carboxylic acids is 1. The van der Waals surface area contributed by atoms with Gasteiger partial charge in [0.15, 0.2) is 0 Å². The fourth-order valence-corrected chi connectivity index (χ4v) is 5.82. The normalized spacial score (nSPS) is 12.4. The Hall–Kier alpha value is -3.17. The Bertz CT molecular complexity index is 1400. The lowest BCUT2D eigenvalue weighted by molar-refractivity contribution is 0.0955. The van der Waals surface area contributed by atoms with Crippen molar-refractivity contribution < 1.29 is 26.7 Å². The Morgan fingerprint density at radius 2 is 1.91 bits per heavy atom. The van der Waals surface area contributed by atoms with Crippen LogP contribution in [0.15, 0.2) is 74.4 Å². The first-order chi connectivity index (χ1) is 16.1. The predicted molar refractivity (Wildman–Crippen MR) is 128 cm³/mol. The number of hydrazone groups is 1. The fourth-order valence-electron chi connectivity index (χ4n) is 2.70. The van der Waals surface area contributed by atoms with Gasteiger partial charge >= 0.3 is 0 Å². The average Bonchev–Trinajstić information content (AvgIpc) is 3.37. The van der Waals surface area contributed by atoms with Gasteiger partial charge in [-0.3, -0.25) is 14.5 Å². The maximum atomic E-state index is 12.7. The molecule has 11 nitrogen and oxygen atoms in total. The summed E-state index contributed by atoms with van der Waals surface area (Å²) in [6.45, 7) is 1.10. The highest BCUT2D eigenvalue weighted by molar-refractivity contribution is 7.94. The summed E-state index contributed by atoms with van der Waals surface area (Å²) >= 11 is 1.03. The van der Waals surface area contributed by atoms with Crippen LogP contribution in [0.25, 0.3) is 0 Å². The summed E-state index contributed by atoms with van der Waals surface area (Å²) in [6.07, 6.45) is 2.55. The van der Waals surface area contributed by atoms with Gasteiger partial charge in [-0.2, -0.15) is 5.10 Å². The van der Waals surface area contributed by atoms with Crippen molar-refractivity contribution in [2.24, 2.45) is 5.10 Å². The second kappa shape index (κ2) is 10.8. The molecule has 180 valence electrons. The molecule has 34 heavy (non-hydrogen) atoms. The van der Waals surface area contributed by atoms with Gasteiger partial charge in [-0.05, 0) is 42.1 Å². The van der Waals surface area contributed by atoms with Gasteiger partial charge in [0.1, 0.15) is 4.21 Å². The molecule has 3 rings (SSSR count). The monoisotopic (exact) mass is 523 g/mol. The summed E-state index contributed by atoms with van der Waals surface area (Å²) in [5.74, 6) is -0.695. The number of sulfonamides is 2. The lowest BCUT2D eigenvalue weighted by atomic mass is 10.1. The molecule has 0 spiro atoms. The van der Waals surface area contributed by atoms with E-state index < -0.39 is 26.0 Å². The van der Waals surface area contributed by atoms with E-state index in [-0.39, 0.29) is 33.5 Å². The molecule has 0 aliphatic heterocycles. The predicted octanol–water partition coefficient (Wildman–Crippen LogP) is 1.37. The first-order valence-electron chi connectivity index (χ1n) is 9.70. The number of thiophene rings is 1. The zero-order chi connectivity index (χ0) is 24.8. The van der Waals surface area contributed by atoms with Gasteiger partial charge in [0.05, 0.1) is 34.7 Å². The van der Waals surface area contributed by atoms with E-state index in [1.165, 1.54) is 42.7 Å². The third kappa shape index (κ3) is 6.24. The number of hydrogen-bond donors (Lipinski definition) is 4. The van der Waals surface area contributed by atoms with Crippen molar-refractivity contribution in [1.82, 2.24) is 15.1 Å². The molecule has 0 aliphatic carbocycles. The van der Waals surface area contributed by atoms with Crippen LogP contribution in [0.3, 0.4) is 0 Å². The lowest BCUT2D eigenvalue weighted by Gasteiger charge is -2.11. The summed E-state index contributed by atoms with van der Waals surface area (Å²) < 4.78 is 54.2. The summed E-state index contributed by atoms with van der Waals surface area (Å²) in [7, 11) is -7.71. The molecule has 4 N–H and O–H groups in total. The average molecular weight is 524 g/mol. The second-order valence-electron chi connectivity index (χ2n) is 6.75. The molecular weight excluding hydrogens is 502 g/mol. The maximum Gasteiger partial charge on any atom is 0.273 e. The topological polar surface area (TPSA) is 167 Å². The Morgan fingerprint density at radius 1 is 1.12 bits per heavy atom. The number of aliphatic hydroxyl groups is 1. The van der Waals surface area contributed by atoms with Crippen LogP contribution in [-0.4, -0.2) is 51.7 Å². The quantitative estimate of drug-likeness (QED) is 0.230. The molecule has 0 bridgehead atoms. The standard InChI is InChI=1S/C20H21N5O6S3/c1-14(15-4-2-5-16(12-15)33(28,29)22-9-10-26)23-24-20(27)17-7-8-21-13-18(17)25-34(30,31)19-6-3-11-32-19/h2-8,11-13,22,25-26H,9-10H2,1H3,(H,24,27). The minimum atomic E-state index is -3.89. The van der Waals surface area contributed by atoms with Crippen LogP contribution in [0.5, 0.6) is 0 Å². The van der Waals surface area contributed by atoms with Crippen molar-refractivity contribution in [3.8, 4) is 0 Å². The van der Waals surface area contributed by atoms with Crippen molar-refractivity contribution in [3.63, 3.8) is 0 Å². The molecule has 0 radical (unpaired) electrons.